The third-order valence-corrected chi connectivity index (χ3v) is 2.74. The second kappa shape index (κ2) is 6.37. The molecule has 96 valence electrons. The summed E-state index contributed by atoms with van der Waals surface area (Å²) in [5, 5.41) is 7.86. The Morgan fingerprint density at radius 2 is 2.12 bits per heavy atom. The van der Waals surface area contributed by atoms with Gasteiger partial charge in [0.1, 0.15) is 5.82 Å². The van der Waals surface area contributed by atoms with Gasteiger partial charge < -0.3 is 9.30 Å². The molecule has 1 aromatic rings. The van der Waals surface area contributed by atoms with Crippen molar-refractivity contribution in [1.82, 2.24) is 14.8 Å². The molecule has 0 amide bonds. The fraction of sp³-hybridized carbons (Fsp3) is 0.750. The van der Waals surface area contributed by atoms with Crippen LogP contribution in [0.4, 0.5) is 0 Å². The van der Waals surface area contributed by atoms with E-state index in [-0.39, 0.29) is 6.04 Å². The summed E-state index contributed by atoms with van der Waals surface area (Å²) in [7, 11) is 0. The standard InChI is InChI=1S/C12H21N3O2/c1-5-7-8-9(3)15-10(4)13-14-11(15)12(16)17-6-2/h9H,5-8H2,1-4H3. The number of unbranched alkanes of at least 4 members (excludes halogenated alkanes) is 1. The first-order valence-corrected chi connectivity index (χ1v) is 6.20. The molecule has 0 bridgehead atoms. The van der Waals surface area contributed by atoms with Crippen LogP contribution < -0.4 is 0 Å². The van der Waals surface area contributed by atoms with E-state index in [1.165, 1.54) is 0 Å². The van der Waals surface area contributed by atoms with Gasteiger partial charge in [-0.2, -0.15) is 0 Å². The topological polar surface area (TPSA) is 57.0 Å². The van der Waals surface area contributed by atoms with Gasteiger partial charge in [-0.1, -0.05) is 19.8 Å². The summed E-state index contributed by atoms with van der Waals surface area (Å²) in [6, 6.07) is 0.226. The summed E-state index contributed by atoms with van der Waals surface area (Å²) in [6.07, 6.45) is 3.28. The monoisotopic (exact) mass is 239 g/mol. The molecule has 5 heteroatoms. The number of carbonyl (C=O) groups is 1. The van der Waals surface area contributed by atoms with Crippen LogP contribution in [-0.4, -0.2) is 27.3 Å². The number of aryl methyl sites for hydroxylation is 1. The van der Waals surface area contributed by atoms with Gasteiger partial charge in [0, 0.05) is 6.04 Å². The second-order valence-corrected chi connectivity index (χ2v) is 4.15. The zero-order valence-electron chi connectivity index (χ0n) is 11.1. The van der Waals surface area contributed by atoms with Crippen LogP contribution in [0.1, 0.15) is 62.5 Å². The maximum Gasteiger partial charge on any atom is 0.376 e. The van der Waals surface area contributed by atoms with Crippen molar-refractivity contribution in [2.24, 2.45) is 0 Å². The van der Waals surface area contributed by atoms with Gasteiger partial charge >= 0.3 is 5.97 Å². The van der Waals surface area contributed by atoms with Gasteiger partial charge in [-0.05, 0) is 27.2 Å². The lowest BCUT2D eigenvalue weighted by atomic mass is 10.1. The molecule has 5 nitrogen and oxygen atoms in total. The first-order valence-electron chi connectivity index (χ1n) is 6.20. The van der Waals surface area contributed by atoms with E-state index in [1.54, 1.807) is 6.92 Å². The third-order valence-electron chi connectivity index (χ3n) is 2.74. The van der Waals surface area contributed by atoms with E-state index in [0.717, 1.165) is 25.1 Å². The molecule has 0 aliphatic heterocycles. The predicted octanol–water partition coefficient (Wildman–Crippen LogP) is 2.51. The number of aromatic nitrogens is 3. The van der Waals surface area contributed by atoms with E-state index in [9.17, 15) is 4.79 Å². The fourth-order valence-electron chi connectivity index (χ4n) is 1.86. The summed E-state index contributed by atoms with van der Waals surface area (Å²) in [5.41, 5.74) is 0. The molecule has 0 N–H and O–H groups in total. The number of hydrogen-bond donors (Lipinski definition) is 0. The van der Waals surface area contributed by atoms with Gasteiger partial charge in [-0.15, -0.1) is 10.2 Å². The van der Waals surface area contributed by atoms with Crippen molar-refractivity contribution in [1.29, 1.82) is 0 Å². The highest BCUT2D eigenvalue weighted by Gasteiger charge is 2.21. The molecule has 1 heterocycles. The van der Waals surface area contributed by atoms with Crippen LogP contribution in [0.15, 0.2) is 0 Å². The van der Waals surface area contributed by atoms with Crippen molar-refractivity contribution in [3.63, 3.8) is 0 Å². The third kappa shape index (κ3) is 3.28. The van der Waals surface area contributed by atoms with Crippen molar-refractivity contribution >= 4 is 5.97 Å². The van der Waals surface area contributed by atoms with E-state index in [4.69, 9.17) is 4.74 Å². The Labute approximate surface area is 102 Å². The minimum absolute atomic E-state index is 0.226. The molecule has 0 saturated heterocycles. The van der Waals surface area contributed by atoms with Crippen LogP contribution in [0.25, 0.3) is 0 Å². The maximum absolute atomic E-state index is 11.7. The molecule has 0 spiro atoms. The molecule has 0 aliphatic carbocycles. The van der Waals surface area contributed by atoms with E-state index in [2.05, 4.69) is 24.0 Å². The lowest BCUT2D eigenvalue weighted by molar-refractivity contribution is 0.0503. The van der Waals surface area contributed by atoms with E-state index >= 15 is 0 Å². The Bertz CT molecular complexity index is 374. The number of esters is 1. The molecule has 0 aliphatic rings. The fourth-order valence-corrected chi connectivity index (χ4v) is 1.86. The van der Waals surface area contributed by atoms with Gasteiger partial charge in [0.15, 0.2) is 0 Å². The summed E-state index contributed by atoms with van der Waals surface area (Å²) in [5.74, 6) is 0.682. The Hall–Kier alpha value is -1.39. The Morgan fingerprint density at radius 3 is 2.71 bits per heavy atom. The highest BCUT2D eigenvalue weighted by Crippen LogP contribution is 2.18. The SMILES string of the molecule is CCCCC(C)n1c(C)nnc1C(=O)OCC. The van der Waals surface area contributed by atoms with Gasteiger partial charge in [-0.3, -0.25) is 0 Å². The summed E-state index contributed by atoms with van der Waals surface area (Å²) < 4.78 is 6.84. The van der Waals surface area contributed by atoms with Crippen molar-refractivity contribution in [2.45, 2.75) is 53.0 Å². The van der Waals surface area contributed by atoms with Crippen molar-refractivity contribution in [3.05, 3.63) is 11.6 Å². The largest absolute Gasteiger partial charge is 0.460 e. The lowest BCUT2D eigenvalue weighted by Gasteiger charge is -2.16. The van der Waals surface area contributed by atoms with Gasteiger partial charge in [0.25, 0.3) is 0 Å². The maximum atomic E-state index is 11.7. The van der Waals surface area contributed by atoms with E-state index in [0.29, 0.717) is 12.4 Å². The van der Waals surface area contributed by atoms with E-state index < -0.39 is 5.97 Å². The lowest BCUT2D eigenvalue weighted by Crippen LogP contribution is -2.17. The van der Waals surface area contributed by atoms with Crippen LogP contribution in [0, 0.1) is 6.92 Å². The molecule has 0 aromatic carbocycles. The van der Waals surface area contributed by atoms with Crippen LogP contribution in [0.2, 0.25) is 0 Å². The first-order chi connectivity index (χ1) is 8.11. The molecular formula is C12H21N3O2. The molecule has 0 radical (unpaired) electrons. The molecule has 1 rings (SSSR count). The average molecular weight is 239 g/mol. The number of ether oxygens (including phenoxy) is 1. The van der Waals surface area contributed by atoms with E-state index in [1.807, 2.05) is 11.5 Å². The summed E-state index contributed by atoms with van der Waals surface area (Å²) >= 11 is 0. The number of hydrogen-bond acceptors (Lipinski definition) is 4. The molecule has 0 saturated carbocycles. The number of rotatable bonds is 6. The highest BCUT2D eigenvalue weighted by atomic mass is 16.5. The van der Waals surface area contributed by atoms with Crippen LogP contribution in [0.3, 0.4) is 0 Å². The van der Waals surface area contributed by atoms with Crippen molar-refractivity contribution in [3.8, 4) is 0 Å². The number of nitrogens with zero attached hydrogens (tertiary/aromatic N) is 3. The quantitative estimate of drug-likeness (QED) is 0.716. The molecule has 1 aromatic heterocycles. The summed E-state index contributed by atoms with van der Waals surface area (Å²) in [6.45, 7) is 8.23. The Morgan fingerprint density at radius 1 is 1.41 bits per heavy atom. The first kappa shape index (κ1) is 13.7. The zero-order chi connectivity index (χ0) is 12.8. The molecular weight excluding hydrogens is 218 g/mol. The average Bonchev–Trinajstić information content (AvgIpc) is 2.68. The minimum Gasteiger partial charge on any atom is -0.460 e. The van der Waals surface area contributed by atoms with Crippen LogP contribution in [0.5, 0.6) is 0 Å². The Kier molecular flexibility index (Phi) is 5.12. The van der Waals surface area contributed by atoms with Gasteiger partial charge in [0.2, 0.25) is 5.82 Å². The molecule has 17 heavy (non-hydrogen) atoms. The van der Waals surface area contributed by atoms with Gasteiger partial charge in [0.05, 0.1) is 6.61 Å². The predicted molar refractivity (Wildman–Crippen MR) is 65.0 cm³/mol. The molecule has 1 unspecified atom stereocenters. The highest BCUT2D eigenvalue weighted by molar-refractivity contribution is 5.85. The summed E-state index contributed by atoms with van der Waals surface area (Å²) in [4.78, 5) is 11.7. The smallest absolute Gasteiger partial charge is 0.376 e. The Balaban J connectivity index is 2.89. The second-order valence-electron chi connectivity index (χ2n) is 4.15. The van der Waals surface area contributed by atoms with Crippen molar-refractivity contribution in [2.75, 3.05) is 6.61 Å². The molecule has 0 fully saturated rings. The normalized spacial score (nSPS) is 12.5. The van der Waals surface area contributed by atoms with Crippen molar-refractivity contribution < 1.29 is 9.53 Å². The zero-order valence-corrected chi connectivity index (χ0v) is 11.1. The van der Waals surface area contributed by atoms with Crippen LogP contribution in [-0.2, 0) is 4.74 Å². The molecule has 1 atom stereocenters. The van der Waals surface area contributed by atoms with Crippen LogP contribution >= 0.6 is 0 Å². The number of carbonyl (C=O) groups excluding carboxylic acids is 1. The minimum atomic E-state index is -0.392. The van der Waals surface area contributed by atoms with Gasteiger partial charge in [-0.25, -0.2) is 4.79 Å².